The number of anilines is 3. The maximum Gasteiger partial charge on any atom is 0.433 e. The van der Waals surface area contributed by atoms with Crippen molar-refractivity contribution in [3.05, 3.63) is 65.9 Å². The molecule has 0 radical (unpaired) electrons. The van der Waals surface area contributed by atoms with Crippen molar-refractivity contribution in [2.75, 3.05) is 11.1 Å². The van der Waals surface area contributed by atoms with Crippen LogP contribution in [0.3, 0.4) is 0 Å². The van der Waals surface area contributed by atoms with E-state index in [1.54, 1.807) is 6.07 Å². The Bertz CT molecular complexity index is 1470. The van der Waals surface area contributed by atoms with Crippen molar-refractivity contribution in [2.24, 2.45) is 0 Å². The fraction of sp³-hybridized carbons (Fsp3) is 0.217. The number of nitrogens with one attached hydrogen (secondary N) is 1. The number of hydrogen-bond acceptors (Lipinski definition) is 8. The predicted molar refractivity (Wildman–Crippen MR) is 120 cm³/mol. The largest absolute Gasteiger partial charge is 0.433 e. The summed E-state index contributed by atoms with van der Waals surface area (Å²) < 4.78 is 79.1. The van der Waals surface area contributed by atoms with E-state index in [9.17, 15) is 26.3 Å². The molecule has 4 aromatic rings. The Balaban J connectivity index is 1.63. The first-order valence-electron chi connectivity index (χ1n) is 10.8. The molecule has 0 atom stereocenters. The number of hydrogen-bond donors (Lipinski definition) is 2. The Kier molecular flexibility index (Phi) is 5.88. The highest BCUT2D eigenvalue weighted by molar-refractivity contribution is 5.73. The second-order valence-electron chi connectivity index (χ2n) is 8.24. The number of halogens is 6. The lowest BCUT2D eigenvalue weighted by molar-refractivity contribution is -0.141. The minimum Gasteiger partial charge on any atom is -0.397 e. The lowest BCUT2D eigenvalue weighted by atomic mass is 10.1. The van der Waals surface area contributed by atoms with Crippen molar-refractivity contribution in [3.63, 3.8) is 0 Å². The van der Waals surface area contributed by atoms with Crippen LogP contribution in [0.1, 0.15) is 35.8 Å². The quantitative estimate of drug-likeness (QED) is 0.327. The first kappa shape index (κ1) is 24.3. The summed E-state index contributed by atoms with van der Waals surface area (Å²) >= 11 is 0. The van der Waals surface area contributed by atoms with Gasteiger partial charge in [-0.2, -0.15) is 36.3 Å². The van der Waals surface area contributed by atoms with Gasteiger partial charge in [0.1, 0.15) is 17.1 Å². The number of nitrogens with zero attached hydrogens (tertiary/aromatic N) is 6. The zero-order chi connectivity index (χ0) is 26.4. The van der Waals surface area contributed by atoms with Gasteiger partial charge in [-0.05, 0) is 43.2 Å². The fourth-order valence-corrected chi connectivity index (χ4v) is 3.45. The molecule has 1 fully saturated rings. The molecule has 14 heteroatoms. The highest BCUT2D eigenvalue weighted by Gasteiger charge is 2.34. The van der Waals surface area contributed by atoms with Crippen LogP contribution in [0.2, 0.25) is 0 Å². The predicted octanol–water partition coefficient (Wildman–Crippen LogP) is 5.63. The van der Waals surface area contributed by atoms with Gasteiger partial charge in [-0.25, -0.2) is 9.97 Å². The first-order chi connectivity index (χ1) is 17.5. The van der Waals surface area contributed by atoms with Gasteiger partial charge >= 0.3 is 12.4 Å². The topological polar surface area (TPSA) is 115 Å². The maximum atomic E-state index is 13.3. The van der Waals surface area contributed by atoms with E-state index in [0.29, 0.717) is 5.56 Å². The molecule has 1 saturated carbocycles. The first-order valence-corrected chi connectivity index (χ1v) is 10.8. The highest BCUT2D eigenvalue weighted by atomic mass is 19.4. The molecule has 0 unspecified atom stereocenters. The smallest absolute Gasteiger partial charge is 0.397 e. The number of aromatic nitrogens is 6. The average molecular weight is 518 g/mol. The van der Waals surface area contributed by atoms with Gasteiger partial charge in [0.05, 0.1) is 11.9 Å². The molecule has 190 valence electrons. The molecule has 37 heavy (non-hydrogen) atoms. The van der Waals surface area contributed by atoms with Crippen LogP contribution in [0.15, 0.2) is 48.8 Å². The Morgan fingerprint density at radius 3 is 2.24 bits per heavy atom. The summed E-state index contributed by atoms with van der Waals surface area (Å²) in [6.45, 7) is 0. The molecule has 3 N–H and O–H groups in total. The van der Waals surface area contributed by atoms with E-state index in [1.165, 1.54) is 18.3 Å². The van der Waals surface area contributed by atoms with Gasteiger partial charge < -0.3 is 11.1 Å². The van der Waals surface area contributed by atoms with E-state index in [2.05, 4.69) is 35.2 Å². The average Bonchev–Trinajstić information content (AvgIpc) is 3.69. The molecule has 5 rings (SSSR count). The number of nitrogen functional groups attached to an aromatic ring is 1. The van der Waals surface area contributed by atoms with E-state index in [0.717, 1.165) is 42.9 Å². The zero-order valence-electron chi connectivity index (χ0n) is 18.6. The van der Waals surface area contributed by atoms with Crippen LogP contribution >= 0.6 is 0 Å². The molecule has 1 aliphatic carbocycles. The van der Waals surface area contributed by atoms with Crippen LogP contribution in [0.5, 0.6) is 0 Å². The number of pyridine rings is 3. The Morgan fingerprint density at radius 2 is 1.54 bits per heavy atom. The van der Waals surface area contributed by atoms with E-state index >= 15 is 0 Å². The SMILES string of the molecule is Nc1cnc(C2CC2)cc1-c1nc(Nc2ccnc(C(F)(F)F)c2)nc(-c2cccc(C(F)(F)F)n2)n1. The Hall–Kier alpha value is -4.36. The van der Waals surface area contributed by atoms with Crippen LogP contribution in [-0.2, 0) is 12.4 Å². The van der Waals surface area contributed by atoms with Crippen LogP contribution in [0, 0.1) is 0 Å². The third-order valence-electron chi connectivity index (χ3n) is 5.40. The van der Waals surface area contributed by atoms with Gasteiger partial charge in [-0.15, -0.1) is 0 Å². The van der Waals surface area contributed by atoms with Crippen LogP contribution in [0.4, 0.5) is 43.7 Å². The molecule has 0 aromatic carbocycles. The zero-order valence-corrected chi connectivity index (χ0v) is 18.6. The summed E-state index contributed by atoms with van der Waals surface area (Å²) in [5.74, 6) is -0.241. The summed E-state index contributed by atoms with van der Waals surface area (Å²) in [7, 11) is 0. The van der Waals surface area contributed by atoms with Crippen LogP contribution in [0.25, 0.3) is 22.9 Å². The van der Waals surface area contributed by atoms with Crippen LogP contribution < -0.4 is 11.1 Å². The van der Waals surface area contributed by atoms with Crippen molar-refractivity contribution >= 4 is 17.3 Å². The number of nitrogens with two attached hydrogens (primary N) is 1. The summed E-state index contributed by atoms with van der Waals surface area (Å²) in [6.07, 6.45) is -5.13. The summed E-state index contributed by atoms with van der Waals surface area (Å²) in [6, 6.07) is 6.90. The third kappa shape index (κ3) is 5.42. The second kappa shape index (κ2) is 8.94. The Labute approximate surface area is 205 Å². The van der Waals surface area contributed by atoms with Crippen molar-refractivity contribution < 1.29 is 26.3 Å². The molecule has 0 amide bonds. The van der Waals surface area contributed by atoms with Crippen molar-refractivity contribution in [1.29, 1.82) is 0 Å². The van der Waals surface area contributed by atoms with Crippen molar-refractivity contribution in [3.8, 4) is 22.9 Å². The van der Waals surface area contributed by atoms with E-state index < -0.39 is 23.7 Å². The van der Waals surface area contributed by atoms with E-state index in [4.69, 9.17) is 5.73 Å². The van der Waals surface area contributed by atoms with Gasteiger partial charge in [-0.1, -0.05) is 6.07 Å². The lowest BCUT2D eigenvalue weighted by Gasteiger charge is -2.13. The maximum absolute atomic E-state index is 13.3. The standard InChI is InChI=1S/C23H16F6N8/c24-22(25,26)17-3-1-2-15(34-17)20-35-19(13-9-16(11-4-5-11)32-10-14(13)30)36-21(37-20)33-12-6-7-31-18(8-12)23(27,28)29/h1-3,6-11H,4-5,30H2,(H,31,33,35,36,37). The summed E-state index contributed by atoms with van der Waals surface area (Å²) in [5, 5.41) is 2.64. The van der Waals surface area contributed by atoms with Gasteiger partial charge in [-0.3, -0.25) is 9.97 Å². The third-order valence-corrected chi connectivity index (χ3v) is 5.40. The minimum absolute atomic E-state index is 0.0152. The van der Waals surface area contributed by atoms with Crippen molar-refractivity contribution in [2.45, 2.75) is 31.1 Å². The molecule has 0 bridgehead atoms. The monoisotopic (exact) mass is 518 g/mol. The molecule has 0 spiro atoms. The molecule has 1 aliphatic rings. The molecule has 0 aliphatic heterocycles. The van der Waals surface area contributed by atoms with E-state index in [1.807, 2.05) is 0 Å². The highest BCUT2D eigenvalue weighted by Crippen LogP contribution is 2.41. The van der Waals surface area contributed by atoms with Gasteiger partial charge in [0.25, 0.3) is 0 Å². The Morgan fingerprint density at radius 1 is 0.811 bits per heavy atom. The minimum atomic E-state index is -4.72. The van der Waals surface area contributed by atoms with Gasteiger partial charge in [0.15, 0.2) is 11.6 Å². The fourth-order valence-electron chi connectivity index (χ4n) is 3.45. The van der Waals surface area contributed by atoms with Gasteiger partial charge in [0, 0.05) is 29.1 Å². The van der Waals surface area contributed by atoms with Gasteiger partial charge in [0.2, 0.25) is 5.95 Å². The summed E-state index contributed by atoms with van der Waals surface area (Å²) in [5.41, 5.74) is 4.82. The van der Waals surface area contributed by atoms with Crippen LogP contribution in [-0.4, -0.2) is 29.9 Å². The molecule has 8 nitrogen and oxygen atoms in total. The molecular weight excluding hydrogens is 502 g/mol. The molecule has 4 aromatic heterocycles. The molecule has 0 saturated heterocycles. The number of rotatable bonds is 5. The molecular formula is C23H16F6N8. The van der Waals surface area contributed by atoms with Crippen molar-refractivity contribution in [1.82, 2.24) is 29.9 Å². The second-order valence-corrected chi connectivity index (χ2v) is 8.24. The number of alkyl halides is 6. The lowest BCUT2D eigenvalue weighted by Crippen LogP contribution is -2.10. The van der Waals surface area contributed by atoms with E-state index in [-0.39, 0.29) is 40.6 Å². The molecule has 4 heterocycles. The summed E-state index contributed by atoms with van der Waals surface area (Å²) in [4.78, 5) is 23.9. The normalized spacial score (nSPS) is 14.0.